The molecule has 7 heteroatoms. The van der Waals surface area contributed by atoms with Crippen molar-refractivity contribution >= 4 is 23.3 Å². The number of ether oxygens (including phenoxy) is 3. The molecule has 0 saturated heterocycles. The number of fused-ring (bicyclic) bond motifs is 1. The lowest BCUT2D eigenvalue weighted by atomic mass is 10.1. The average Bonchev–Trinajstić information content (AvgIpc) is 2.70. The largest absolute Gasteiger partial charge is 0.494 e. The summed E-state index contributed by atoms with van der Waals surface area (Å²) in [5, 5.41) is 2.63. The number of rotatable bonds is 7. The third-order valence-corrected chi connectivity index (χ3v) is 3.83. The van der Waals surface area contributed by atoms with Crippen LogP contribution in [-0.4, -0.2) is 37.5 Å². The number of ketones is 1. The SMILES string of the molecule is CCCOc1ccc(C(=O)OCC(=O)c2ccc3c(c2)NC(=O)CO3)cc1. The van der Waals surface area contributed by atoms with Gasteiger partial charge in [-0.3, -0.25) is 9.59 Å². The van der Waals surface area contributed by atoms with Gasteiger partial charge in [0.25, 0.3) is 5.91 Å². The van der Waals surface area contributed by atoms with Crippen LogP contribution in [0, 0.1) is 0 Å². The number of esters is 1. The minimum absolute atomic E-state index is 0.0554. The first-order valence-corrected chi connectivity index (χ1v) is 8.56. The predicted molar refractivity (Wildman–Crippen MR) is 97.4 cm³/mol. The van der Waals surface area contributed by atoms with Crippen LogP contribution in [0.5, 0.6) is 11.5 Å². The summed E-state index contributed by atoms with van der Waals surface area (Å²) >= 11 is 0. The zero-order valence-electron chi connectivity index (χ0n) is 14.8. The van der Waals surface area contributed by atoms with Gasteiger partial charge < -0.3 is 19.5 Å². The van der Waals surface area contributed by atoms with Gasteiger partial charge in [-0.15, -0.1) is 0 Å². The van der Waals surface area contributed by atoms with Crippen LogP contribution < -0.4 is 14.8 Å². The van der Waals surface area contributed by atoms with E-state index >= 15 is 0 Å². The summed E-state index contributed by atoms with van der Waals surface area (Å²) in [4.78, 5) is 35.7. The van der Waals surface area contributed by atoms with Gasteiger partial charge in [0.1, 0.15) is 11.5 Å². The molecule has 140 valence electrons. The van der Waals surface area contributed by atoms with Crippen LogP contribution in [0.15, 0.2) is 42.5 Å². The fourth-order valence-corrected chi connectivity index (χ4v) is 2.46. The van der Waals surface area contributed by atoms with Crippen LogP contribution >= 0.6 is 0 Å². The first kappa shape index (κ1) is 18.4. The van der Waals surface area contributed by atoms with E-state index in [1.54, 1.807) is 36.4 Å². The molecule has 1 N–H and O–H groups in total. The summed E-state index contributed by atoms with van der Waals surface area (Å²) in [6.07, 6.45) is 0.893. The van der Waals surface area contributed by atoms with Crippen molar-refractivity contribution in [3.8, 4) is 11.5 Å². The molecule has 0 atom stereocenters. The molecule has 0 unspecified atom stereocenters. The second kappa shape index (κ2) is 8.35. The fourth-order valence-electron chi connectivity index (χ4n) is 2.46. The van der Waals surface area contributed by atoms with E-state index in [1.807, 2.05) is 6.92 Å². The molecule has 0 aromatic heterocycles. The first-order chi connectivity index (χ1) is 13.1. The number of nitrogens with one attached hydrogen (secondary N) is 1. The smallest absolute Gasteiger partial charge is 0.338 e. The second-order valence-electron chi connectivity index (χ2n) is 5.92. The molecule has 7 nitrogen and oxygen atoms in total. The molecular weight excluding hydrogens is 350 g/mol. The number of anilines is 1. The van der Waals surface area contributed by atoms with Gasteiger partial charge in [-0.25, -0.2) is 4.79 Å². The Bertz CT molecular complexity index is 859. The maximum Gasteiger partial charge on any atom is 0.338 e. The molecular formula is C20H19NO6. The zero-order chi connectivity index (χ0) is 19.2. The van der Waals surface area contributed by atoms with E-state index in [0.717, 1.165) is 6.42 Å². The van der Waals surface area contributed by atoms with Crippen molar-refractivity contribution in [2.45, 2.75) is 13.3 Å². The van der Waals surface area contributed by atoms with Gasteiger partial charge in [0, 0.05) is 5.56 Å². The summed E-state index contributed by atoms with van der Waals surface area (Å²) in [5.74, 6) is -0.102. The summed E-state index contributed by atoms with van der Waals surface area (Å²) in [7, 11) is 0. The highest BCUT2D eigenvalue weighted by Gasteiger charge is 2.18. The molecule has 0 aliphatic carbocycles. The number of Topliss-reactive ketones (excluding diaryl/α,β-unsaturated/α-hetero) is 1. The standard InChI is InChI=1S/C20H19NO6/c1-2-9-25-15-6-3-13(4-7-15)20(24)27-11-17(22)14-5-8-18-16(10-14)21-19(23)12-26-18/h3-8,10H,2,9,11-12H2,1H3,(H,21,23). The summed E-state index contributed by atoms with van der Waals surface area (Å²) in [5.41, 5.74) is 1.07. The van der Waals surface area contributed by atoms with Gasteiger partial charge in [-0.1, -0.05) is 6.92 Å². The monoisotopic (exact) mass is 369 g/mol. The number of hydrogen-bond acceptors (Lipinski definition) is 6. The molecule has 0 saturated carbocycles. The van der Waals surface area contributed by atoms with Crippen LogP contribution in [0.25, 0.3) is 0 Å². The van der Waals surface area contributed by atoms with E-state index in [4.69, 9.17) is 14.2 Å². The topological polar surface area (TPSA) is 90.9 Å². The Morgan fingerprint density at radius 2 is 1.85 bits per heavy atom. The first-order valence-electron chi connectivity index (χ1n) is 8.56. The zero-order valence-corrected chi connectivity index (χ0v) is 14.8. The molecule has 1 aliphatic rings. The Labute approximate surface area is 156 Å². The van der Waals surface area contributed by atoms with Crippen molar-refractivity contribution in [3.05, 3.63) is 53.6 Å². The van der Waals surface area contributed by atoms with Crippen molar-refractivity contribution in [3.63, 3.8) is 0 Å². The highest BCUT2D eigenvalue weighted by molar-refractivity contribution is 6.02. The summed E-state index contributed by atoms with van der Waals surface area (Å²) < 4.78 is 15.8. The van der Waals surface area contributed by atoms with Crippen molar-refractivity contribution in [2.75, 3.05) is 25.1 Å². The molecule has 0 spiro atoms. The lowest BCUT2D eigenvalue weighted by Crippen LogP contribution is -2.25. The highest BCUT2D eigenvalue weighted by atomic mass is 16.5. The van der Waals surface area contributed by atoms with Crippen LogP contribution in [0.1, 0.15) is 34.1 Å². The molecule has 27 heavy (non-hydrogen) atoms. The maximum absolute atomic E-state index is 12.3. The Kier molecular flexibility index (Phi) is 5.71. The van der Waals surface area contributed by atoms with Crippen LogP contribution in [0.4, 0.5) is 5.69 Å². The average molecular weight is 369 g/mol. The minimum Gasteiger partial charge on any atom is -0.494 e. The van der Waals surface area contributed by atoms with E-state index in [0.29, 0.717) is 34.9 Å². The van der Waals surface area contributed by atoms with Gasteiger partial charge in [0.2, 0.25) is 0 Å². The van der Waals surface area contributed by atoms with Gasteiger partial charge in [0.05, 0.1) is 17.9 Å². The van der Waals surface area contributed by atoms with E-state index < -0.39 is 12.6 Å². The number of amides is 1. The summed E-state index contributed by atoms with van der Waals surface area (Å²) in [6, 6.07) is 11.2. The molecule has 0 bridgehead atoms. The van der Waals surface area contributed by atoms with Gasteiger partial charge in [0.15, 0.2) is 19.0 Å². The predicted octanol–water partition coefficient (Wildman–Crippen LogP) is 2.85. The Hall–Kier alpha value is -3.35. The minimum atomic E-state index is -0.597. The normalized spacial score (nSPS) is 12.4. The quantitative estimate of drug-likeness (QED) is 0.596. The molecule has 3 rings (SSSR count). The highest BCUT2D eigenvalue weighted by Crippen LogP contribution is 2.28. The van der Waals surface area contributed by atoms with Crippen molar-refractivity contribution in [1.29, 1.82) is 0 Å². The molecule has 1 heterocycles. The van der Waals surface area contributed by atoms with E-state index in [9.17, 15) is 14.4 Å². The summed E-state index contributed by atoms with van der Waals surface area (Å²) in [6.45, 7) is 2.15. The number of hydrogen-bond donors (Lipinski definition) is 1. The third kappa shape index (κ3) is 4.63. The lowest BCUT2D eigenvalue weighted by Gasteiger charge is -2.18. The van der Waals surface area contributed by atoms with Crippen LogP contribution in [0.2, 0.25) is 0 Å². The van der Waals surface area contributed by atoms with Crippen molar-refractivity contribution in [2.24, 2.45) is 0 Å². The molecule has 1 aliphatic heterocycles. The fraction of sp³-hybridized carbons (Fsp3) is 0.250. The Balaban J connectivity index is 1.58. The van der Waals surface area contributed by atoms with E-state index in [1.165, 1.54) is 6.07 Å². The Morgan fingerprint density at radius 1 is 1.11 bits per heavy atom. The van der Waals surface area contributed by atoms with E-state index in [2.05, 4.69) is 5.32 Å². The van der Waals surface area contributed by atoms with Gasteiger partial charge in [-0.2, -0.15) is 0 Å². The number of carbonyl (C=O) groups is 3. The van der Waals surface area contributed by atoms with Crippen molar-refractivity contribution < 1.29 is 28.6 Å². The number of benzene rings is 2. The number of carbonyl (C=O) groups excluding carboxylic acids is 3. The third-order valence-electron chi connectivity index (χ3n) is 3.83. The lowest BCUT2D eigenvalue weighted by molar-refractivity contribution is -0.118. The van der Waals surface area contributed by atoms with Crippen molar-refractivity contribution in [1.82, 2.24) is 0 Å². The molecule has 1 amide bonds. The van der Waals surface area contributed by atoms with E-state index in [-0.39, 0.29) is 18.3 Å². The maximum atomic E-state index is 12.3. The van der Waals surface area contributed by atoms with Gasteiger partial charge in [-0.05, 0) is 48.9 Å². The molecule has 0 fully saturated rings. The Morgan fingerprint density at radius 3 is 2.59 bits per heavy atom. The molecule has 2 aromatic rings. The second-order valence-corrected chi connectivity index (χ2v) is 5.92. The van der Waals surface area contributed by atoms with Gasteiger partial charge >= 0.3 is 5.97 Å². The molecule has 2 aromatic carbocycles. The van der Waals surface area contributed by atoms with Crippen LogP contribution in [0.3, 0.4) is 0 Å². The van der Waals surface area contributed by atoms with Crippen LogP contribution in [-0.2, 0) is 9.53 Å². The molecule has 0 radical (unpaired) electrons.